The number of ether oxygens (including phenoxy) is 2. The number of carbonyl (C=O) groups excluding carboxylic acids is 2. The molecule has 0 bridgehead atoms. The van der Waals surface area contributed by atoms with Crippen LogP contribution in [0.1, 0.15) is 30.8 Å². The fourth-order valence-corrected chi connectivity index (χ4v) is 4.83. The molecule has 0 saturated heterocycles. The van der Waals surface area contributed by atoms with Crippen molar-refractivity contribution < 1.29 is 19.1 Å². The lowest BCUT2D eigenvalue weighted by Gasteiger charge is -2.33. The van der Waals surface area contributed by atoms with Gasteiger partial charge in [-0.3, -0.25) is 14.5 Å². The molecule has 34 heavy (non-hydrogen) atoms. The van der Waals surface area contributed by atoms with Crippen LogP contribution in [0.15, 0.2) is 35.7 Å². The predicted molar refractivity (Wildman–Crippen MR) is 135 cm³/mol. The number of aryl methyl sites for hydroxylation is 2. The third-order valence-electron chi connectivity index (χ3n) is 5.54. The Morgan fingerprint density at radius 3 is 2.85 bits per heavy atom. The second-order valence-corrected chi connectivity index (χ2v) is 9.44. The molecule has 0 fully saturated rings. The number of aromatic nitrogens is 1. The summed E-state index contributed by atoms with van der Waals surface area (Å²) in [6, 6.07) is 8.99. The van der Waals surface area contributed by atoms with Gasteiger partial charge in [0.25, 0.3) is 5.91 Å². The zero-order valence-electron chi connectivity index (χ0n) is 19.5. The van der Waals surface area contributed by atoms with Crippen molar-refractivity contribution >= 4 is 46.1 Å². The van der Waals surface area contributed by atoms with Crippen molar-refractivity contribution in [3.8, 4) is 22.8 Å². The highest BCUT2D eigenvalue weighted by molar-refractivity contribution is 7.09. The molecular formula is C25H26ClN3O4S. The zero-order chi connectivity index (χ0) is 24.4. The van der Waals surface area contributed by atoms with Crippen LogP contribution in [0.5, 0.6) is 11.5 Å². The lowest BCUT2D eigenvalue weighted by atomic mass is 10.1. The van der Waals surface area contributed by atoms with E-state index in [0.29, 0.717) is 27.9 Å². The first-order valence-corrected chi connectivity index (χ1v) is 12.3. The zero-order valence-corrected chi connectivity index (χ0v) is 21.0. The summed E-state index contributed by atoms with van der Waals surface area (Å²) in [5, 5.41) is 6.45. The summed E-state index contributed by atoms with van der Waals surface area (Å²) < 4.78 is 11.1. The van der Waals surface area contributed by atoms with Crippen molar-refractivity contribution in [2.24, 2.45) is 0 Å². The van der Waals surface area contributed by atoms with Gasteiger partial charge >= 0.3 is 0 Å². The number of halogens is 1. The third kappa shape index (κ3) is 4.88. The molecule has 2 aromatic carbocycles. The summed E-state index contributed by atoms with van der Waals surface area (Å²) in [6.07, 6.45) is 1.25. The van der Waals surface area contributed by atoms with E-state index < -0.39 is 6.10 Å². The van der Waals surface area contributed by atoms with Gasteiger partial charge in [0.15, 0.2) is 6.10 Å². The van der Waals surface area contributed by atoms with Crippen molar-refractivity contribution in [3.05, 3.63) is 51.3 Å². The number of thiazole rings is 1. The second kappa shape index (κ2) is 10.0. The minimum atomic E-state index is -0.700. The molecule has 1 aliphatic heterocycles. The lowest BCUT2D eigenvalue weighted by molar-refractivity contribution is -0.127. The highest BCUT2D eigenvalue weighted by atomic mass is 35.5. The van der Waals surface area contributed by atoms with Crippen LogP contribution in [0.4, 0.5) is 11.4 Å². The normalized spacial score (nSPS) is 15.0. The average Bonchev–Trinajstić information content (AvgIpc) is 3.28. The van der Waals surface area contributed by atoms with Crippen LogP contribution in [0, 0.1) is 6.92 Å². The number of anilines is 2. The van der Waals surface area contributed by atoms with Gasteiger partial charge in [-0.2, -0.15) is 0 Å². The van der Waals surface area contributed by atoms with Crippen LogP contribution >= 0.6 is 22.9 Å². The van der Waals surface area contributed by atoms with E-state index >= 15 is 0 Å². The average molecular weight is 500 g/mol. The Bertz CT molecular complexity index is 1240. The number of nitrogens with zero attached hydrogens (tertiary/aromatic N) is 2. The van der Waals surface area contributed by atoms with E-state index in [1.807, 2.05) is 30.5 Å². The molecule has 2 amide bonds. The fourth-order valence-electron chi connectivity index (χ4n) is 3.76. The maximum Gasteiger partial charge on any atom is 0.268 e. The van der Waals surface area contributed by atoms with Gasteiger partial charge in [-0.1, -0.05) is 18.5 Å². The number of carbonyl (C=O) groups is 2. The predicted octanol–water partition coefficient (Wildman–Crippen LogP) is 5.49. The van der Waals surface area contributed by atoms with Gasteiger partial charge in [0.2, 0.25) is 5.91 Å². The summed E-state index contributed by atoms with van der Waals surface area (Å²) in [5.41, 5.74) is 3.54. The summed E-state index contributed by atoms with van der Waals surface area (Å²) >= 11 is 7.79. The summed E-state index contributed by atoms with van der Waals surface area (Å²) in [7, 11) is 1.51. The van der Waals surface area contributed by atoms with Crippen LogP contribution in [-0.2, 0) is 16.0 Å². The van der Waals surface area contributed by atoms with E-state index in [4.69, 9.17) is 26.1 Å². The molecule has 4 rings (SSSR count). The molecule has 0 spiro atoms. The number of fused-ring (bicyclic) bond motifs is 1. The molecule has 1 atom stereocenters. The van der Waals surface area contributed by atoms with E-state index in [-0.39, 0.29) is 18.4 Å². The largest absolute Gasteiger partial charge is 0.495 e. The first kappa shape index (κ1) is 24.0. The van der Waals surface area contributed by atoms with Crippen molar-refractivity contribution in [2.45, 2.75) is 39.7 Å². The van der Waals surface area contributed by atoms with Crippen LogP contribution in [-0.4, -0.2) is 36.6 Å². The Labute approximate surface area is 207 Å². The summed E-state index contributed by atoms with van der Waals surface area (Å²) in [6.45, 7) is 5.46. The van der Waals surface area contributed by atoms with E-state index in [9.17, 15) is 9.59 Å². The number of benzene rings is 2. The molecule has 1 aliphatic rings. The molecule has 1 aromatic heterocycles. The van der Waals surface area contributed by atoms with Crippen molar-refractivity contribution in [1.29, 1.82) is 0 Å². The SMILES string of the molecule is CCCc1nc(-c2ccc3c(c2)N(CC(=O)Nc2cc(C)c(Cl)cc2OC)C(=O)C(C)O3)cs1. The topological polar surface area (TPSA) is 80.8 Å². The van der Waals surface area contributed by atoms with Crippen molar-refractivity contribution in [3.63, 3.8) is 0 Å². The molecule has 3 aromatic rings. The van der Waals surface area contributed by atoms with Gasteiger partial charge in [0.05, 0.1) is 29.2 Å². The van der Waals surface area contributed by atoms with Crippen LogP contribution < -0.4 is 19.7 Å². The molecule has 7 nitrogen and oxygen atoms in total. The monoisotopic (exact) mass is 499 g/mol. The fraction of sp³-hybridized carbons (Fsp3) is 0.320. The molecule has 0 saturated carbocycles. The maximum absolute atomic E-state index is 13.0. The van der Waals surface area contributed by atoms with Crippen molar-refractivity contribution in [1.82, 2.24) is 4.98 Å². The summed E-state index contributed by atoms with van der Waals surface area (Å²) in [5.74, 6) is 0.342. The molecule has 1 unspecified atom stereocenters. The number of rotatable bonds is 7. The van der Waals surface area contributed by atoms with E-state index in [0.717, 1.165) is 34.7 Å². The summed E-state index contributed by atoms with van der Waals surface area (Å²) in [4.78, 5) is 32.1. The Morgan fingerprint density at radius 1 is 1.32 bits per heavy atom. The standard InChI is InChI=1S/C25H26ClN3O4S/c1-5-6-24-28-19(13-34-24)16-7-8-21-20(10-16)29(25(31)15(3)33-21)12-23(30)27-18-9-14(2)17(26)11-22(18)32-4/h7-11,13,15H,5-6,12H2,1-4H3,(H,27,30). The van der Waals surface area contributed by atoms with E-state index in [2.05, 4.69) is 12.2 Å². The Morgan fingerprint density at radius 2 is 2.12 bits per heavy atom. The molecule has 0 radical (unpaired) electrons. The lowest BCUT2D eigenvalue weighted by Crippen LogP contribution is -2.47. The number of nitrogens with one attached hydrogen (secondary N) is 1. The highest BCUT2D eigenvalue weighted by Gasteiger charge is 2.33. The number of hydrogen-bond acceptors (Lipinski definition) is 6. The van der Waals surface area contributed by atoms with Crippen LogP contribution in [0.25, 0.3) is 11.3 Å². The molecule has 178 valence electrons. The van der Waals surface area contributed by atoms with Gasteiger partial charge in [-0.15, -0.1) is 11.3 Å². The first-order chi connectivity index (χ1) is 16.3. The van der Waals surface area contributed by atoms with Gasteiger partial charge in [-0.05, 0) is 56.5 Å². The van der Waals surface area contributed by atoms with Gasteiger partial charge in [-0.25, -0.2) is 4.98 Å². The van der Waals surface area contributed by atoms with Gasteiger partial charge < -0.3 is 14.8 Å². The number of methoxy groups -OCH3 is 1. The minimum absolute atomic E-state index is 0.175. The minimum Gasteiger partial charge on any atom is -0.495 e. The molecule has 2 heterocycles. The molecule has 0 aliphatic carbocycles. The Hall–Kier alpha value is -3.10. The van der Waals surface area contributed by atoms with Crippen LogP contribution in [0.3, 0.4) is 0 Å². The van der Waals surface area contributed by atoms with Crippen LogP contribution in [0.2, 0.25) is 5.02 Å². The quantitative estimate of drug-likeness (QED) is 0.465. The molecule has 1 N–H and O–H groups in total. The van der Waals surface area contributed by atoms with Crippen molar-refractivity contribution in [2.75, 3.05) is 23.9 Å². The smallest absolute Gasteiger partial charge is 0.268 e. The first-order valence-electron chi connectivity index (χ1n) is 11.0. The maximum atomic E-state index is 13.0. The van der Waals surface area contributed by atoms with E-state index in [1.54, 1.807) is 30.4 Å². The van der Waals surface area contributed by atoms with E-state index in [1.165, 1.54) is 12.0 Å². The number of amides is 2. The van der Waals surface area contributed by atoms with Gasteiger partial charge in [0.1, 0.15) is 18.0 Å². The highest BCUT2D eigenvalue weighted by Crippen LogP contribution is 2.38. The molecular weight excluding hydrogens is 474 g/mol. The Kier molecular flexibility index (Phi) is 7.09. The molecule has 9 heteroatoms. The Balaban J connectivity index is 1.61. The van der Waals surface area contributed by atoms with Gasteiger partial charge in [0, 0.05) is 22.0 Å². The second-order valence-electron chi connectivity index (χ2n) is 8.09. The third-order valence-corrected chi connectivity index (χ3v) is 6.85. The number of hydrogen-bond donors (Lipinski definition) is 1.